The molecule has 88 valence electrons. The van der Waals surface area contributed by atoms with Crippen LogP contribution in [0.5, 0.6) is 0 Å². The maximum atomic E-state index is 5.88. The van der Waals surface area contributed by atoms with Crippen molar-refractivity contribution in [2.24, 2.45) is 0 Å². The molecule has 1 aliphatic carbocycles. The summed E-state index contributed by atoms with van der Waals surface area (Å²) < 4.78 is 8.05. The van der Waals surface area contributed by atoms with Crippen molar-refractivity contribution in [1.82, 2.24) is 20.1 Å². The molecule has 1 aliphatic heterocycles. The number of hydrogen-bond acceptors (Lipinski definition) is 4. The number of nitrogens with zero attached hydrogens (tertiary/aromatic N) is 3. The standard InChI is InChI=1S/C11H18N4O/c1-2-9(1)15-8-13-14-11(15)7-16-10-3-5-12-6-4-10/h8-10,12H,1-7H2. The smallest absolute Gasteiger partial charge is 0.159 e. The molecule has 5 heteroatoms. The van der Waals surface area contributed by atoms with Crippen LogP contribution in [0.4, 0.5) is 0 Å². The minimum absolute atomic E-state index is 0.394. The molecule has 2 aliphatic rings. The van der Waals surface area contributed by atoms with Gasteiger partial charge in [0.1, 0.15) is 12.9 Å². The van der Waals surface area contributed by atoms with Gasteiger partial charge in [0.15, 0.2) is 5.82 Å². The molecule has 0 aromatic carbocycles. The van der Waals surface area contributed by atoms with Gasteiger partial charge in [0.25, 0.3) is 0 Å². The third kappa shape index (κ3) is 2.25. The van der Waals surface area contributed by atoms with Crippen LogP contribution in [0.2, 0.25) is 0 Å². The zero-order valence-corrected chi connectivity index (χ0v) is 9.43. The van der Waals surface area contributed by atoms with E-state index in [2.05, 4.69) is 20.1 Å². The first kappa shape index (κ1) is 10.2. The van der Waals surface area contributed by atoms with E-state index in [1.165, 1.54) is 12.8 Å². The average Bonchev–Trinajstić information content (AvgIpc) is 3.07. The summed E-state index contributed by atoms with van der Waals surface area (Å²) in [5, 5.41) is 11.4. The highest BCUT2D eigenvalue weighted by Gasteiger charge is 2.26. The monoisotopic (exact) mass is 222 g/mol. The van der Waals surface area contributed by atoms with E-state index in [1.54, 1.807) is 0 Å². The van der Waals surface area contributed by atoms with E-state index >= 15 is 0 Å². The number of rotatable bonds is 4. The van der Waals surface area contributed by atoms with Gasteiger partial charge in [-0.1, -0.05) is 0 Å². The fraction of sp³-hybridized carbons (Fsp3) is 0.818. The molecule has 0 spiro atoms. The van der Waals surface area contributed by atoms with Gasteiger partial charge in [-0.3, -0.25) is 0 Å². The Bertz CT molecular complexity index is 342. The van der Waals surface area contributed by atoms with Crippen LogP contribution in [-0.4, -0.2) is 34.0 Å². The van der Waals surface area contributed by atoms with Gasteiger partial charge in [-0.2, -0.15) is 0 Å². The van der Waals surface area contributed by atoms with E-state index in [9.17, 15) is 0 Å². The average molecular weight is 222 g/mol. The number of nitrogens with one attached hydrogen (secondary N) is 1. The summed E-state index contributed by atoms with van der Waals surface area (Å²) in [5.41, 5.74) is 0. The summed E-state index contributed by atoms with van der Waals surface area (Å²) in [5.74, 6) is 0.987. The summed E-state index contributed by atoms with van der Waals surface area (Å²) >= 11 is 0. The van der Waals surface area contributed by atoms with Crippen molar-refractivity contribution in [1.29, 1.82) is 0 Å². The van der Waals surface area contributed by atoms with Crippen LogP contribution < -0.4 is 5.32 Å². The number of aromatic nitrogens is 3. The molecule has 0 radical (unpaired) electrons. The van der Waals surface area contributed by atoms with Gasteiger partial charge in [0, 0.05) is 6.04 Å². The second kappa shape index (κ2) is 4.51. The molecule has 0 amide bonds. The van der Waals surface area contributed by atoms with Gasteiger partial charge in [-0.15, -0.1) is 10.2 Å². The fourth-order valence-corrected chi connectivity index (χ4v) is 2.18. The first-order chi connectivity index (χ1) is 7.93. The van der Waals surface area contributed by atoms with Gasteiger partial charge in [0.05, 0.1) is 6.10 Å². The van der Waals surface area contributed by atoms with Crippen LogP contribution in [0.25, 0.3) is 0 Å². The summed E-state index contributed by atoms with van der Waals surface area (Å²) in [7, 11) is 0. The Hall–Kier alpha value is -0.940. The van der Waals surface area contributed by atoms with E-state index < -0.39 is 0 Å². The highest BCUT2D eigenvalue weighted by Crippen LogP contribution is 2.35. The van der Waals surface area contributed by atoms with E-state index in [1.807, 2.05) is 6.33 Å². The number of hydrogen-bond donors (Lipinski definition) is 1. The Balaban J connectivity index is 1.54. The first-order valence-electron chi connectivity index (χ1n) is 6.14. The minimum atomic E-state index is 0.394. The molecule has 3 rings (SSSR count). The molecule has 1 aromatic heterocycles. The van der Waals surface area contributed by atoms with Crippen LogP contribution >= 0.6 is 0 Å². The normalized spacial score (nSPS) is 22.5. The maximum Gasteiger partial charge on any atom is 0.159 e. The summed E-state index contributed by atoms with van der Waals surface area (Å²) in [6, 6.07) is 0.640. The van der Waals surface area contributed by atoms with Crippen molar-refractivity contribution in [3.63, 3.8) is 0 Å². The van der Waals surface area contributed by atoms with E-state index in [-0.39, 0.29) is 0 Å². The Morgan fingerprint density at radius 2 is 2.12 bits per heavy atom. The Labute approximate surface area is 95.2 Å². The van der Waals surface area contributed by atoms with Crippen molar-refractivity contribution in [2.45, 2.75) is 44.4 Å². The quantitative estimate of drug-likeness (QED) is 0.821. The van der Waals surface area contributed by atoms with Gasteiger partial charge in [-0.25, -0.2) is 0 Å². The van der Waals surface area contributed by atoms with E-state index in [0.29, 0.717) is 18.8 Å². The van der Waals surface area contributed by atoms with Crippen LogP contribution in [0.15, 0.2) is 6.33 Å². The molecule has 0 unspecified atom stereocenters. The third-order valence-electron chi connectivity index (χ3n) is 3.32. The second-order valence-electron chi connectivity index (χ2n) is 4.65. The van der Waals surface area contributed by atoms with Crippen molar-refractivity contribution in [3.05, 3.63) is 12.2 Å². The lowest BCUT2D eigenvalue weighted by Gasteiger charge is -2.22. The second-order valence-corrected chi connectivity index (χ2v) is 4.65. The van der Waals surface area contributed by atoms with Crippen LogP contribution in [0.1, 0.15) is 37.5 Å². The predicted octanol–water partition coefficient (Wildman–Crippen LogP) is 0.882. The third-order valence-corrected chi connectivity index (χ3v) is 3.32. The maximum absolute atomic E-state index is 5.88. The van der Waals surface area contributed by atoms with Crippen molar-refractivity contribution < 1.29 is 4.74 Å². The van der Waals surface area contributed by atoms with E-state index in [4.69, 9.17) is 4.74 Å². The van der Waals surface area contributed by atoms with Gasteiger partial charge >= 0.3 is 0 Å². The Kier molecular flexibility index (Phi) is 2.88. The lowest BCUT2D eigenvalue weighted by atomic mass is 10.1. The molecule has 0 bridgehead atoms. The van der Waals surface area contributed by atoms with Crippen molar-refractivity contribution in [2.75, 3.05) is 13.1 Å². The molecular formula is C11H18N4O. The van der Waals surface area contributed by atoms with Crippen LogP contribution in [0.3, 0.4) is 0 Å². The number of piperidine rings is 1. The van der Waals surface area contributed by atoms with Gasteiger partial charge in [0.2, 0.25) is 0 Å². The lowest BCUT2D eigenvalue weighted by Crippen LogP contribution is -2.32. The summed E-state index contributed by atoms with van der Waals surface area (Å²) in [4.78, 5) is 0. The number of ether oxygens (including phenoxy) is 1. The summed E-state index contributed by atoms with van der Waals surface area (Å²) in [6.45, 7) is 2.75. The zero-order valence-electron chi connectivity index (χ0n) is 9.43. The molecule has 5 nitrogen and oxygen atoms in total. The zero-order chi connectivity index (χ0) is 10.8. The molecule has 2 heterocycles. The molecule has 2 fully saturated rings. The highest BCUT2D eigenvalue weighted by atomic mass is 16.5. The topological polar surface area (TPSA) is 52.0 Å². The van der Waals surface area contributed by atoms with Crippen molar-refractivity contribution >= 4 is 0 Å². The van der Waals surface area contributed by atoms with Crippen LogP contribution in [0, 0.1) is 0 Å². The lowest BCUT2D eigenvalue weighted by molar-refractivity contribution is 0.0163. The van der Waals surface area contributed by atoms with E-state index in [0.717, 1.165) is 31.8 Å². The molecule has 0 atom stereocenters. The molecule has 1 aromatic rings. The Morgan fingerprint density at radius 3 is 2.88 bits per heavy atom. The molecule has 1 N–H and O–H groups in total. The van der Waals surface area contributed by atoms with Gasteiger partial charge < -0.3 is 14.6 Å². The molecule has 1 saturated heterocycles. The summed E-state index contributed by atoms with van der Waals surface area (Å²) in [6.07, 6.45) is 6.97. The molecule has 1 saturated carbocycles. The first-order valence-corrected chi connectivity index (χ1v) is 6.14. The predicted molar refractivity (Wildman–Crippen MR) is 59.0 cm³/mol. The molecular weight excluding hydrogens is 204 g/mol. The fourth-order valence-electron chi connectivity index (χ4n) is 2.18. The SMILES string of the molecule is c1nnc(COC2CCNCC2)n1C1CC1. The Morgan fingerprint density at radius 1 is 1.31 bits per heavy atom. The molecule has 16 heavy (non-hydrogen) atoms. The van der Waals surface area contributed by atoms with Gasteiger partial charge in [-0.05, 0) is 38.8 Å². The van der Waals surface area contributed by atoms with Crippen LogP contribution in [-0.2, 0) is 11.3 Å². The van der Waals surface area contributed by atoms with Crippen molar-refractivity contribution in [3.8, 4) is 0 Å². The highest BCUT2D eigenvalue weighted by molar-refractivity contribution is 4.93. The largest absolute Gasteiger partial charge is 0.370 e. The minimum Gasteiger partial charge on any atom is -0.370 e.